The van der Waals surface area contributed by atoms with Crippen LogP contribution in [-0.4, -0.2) is 23.1 Å². The van der Waals surface area contributed by atoms with Crippen molar-refractivity contribution in [2.24, 2.45) is 0 Å². The summed E-state index contributed by atoms with van der Waals surface area (Å²) in [7, 11) is 0. The van der Waals surface area contributed by atoms with Crippen LogP contribution in [0.4, 0.5) is 0 Å². The smallest absolute Gasteiger partial charge is 0.0285 e. The van der Waals surface area contributed by atoms with Crippen molar-refractivity contribution in [1.29, 1.82) is 0 Å². The molecule has 2 unspecified atom stereocenters. The summed E-state index contributed by atoms with van der Waals surface area (Å²) in [5.74, 6) is 1.34. The summed E-state index contributed by atoms with van der Waals surface area (Å²) in [6.07, 6.45) is 6.40. The van der Waals surface area contributed by atoms with Crippen molar-refractivity contribution in [3.8, 4) is 0 Å². The molecule has 0 spiro atoms. The fourth-order valence-electron chi connectivity index (χ4n) is 2.41. The van der Waals surface area contributed by atoms with Crippen LogP contribution in [-0.2, 0) is 0 Å². The van der Waals surface area contributed by atoms with Gasteiger partial charge in [-0.25, -0.2) is 0 Å². The molecule has 0 aromatic carbocycles. The Hall–Kier alpha value is 0.0500. The first kappa shape index (κ1) is 14.1. The average Bonchev–Trinajstić information content (AvgIpc) is 2.65. The summed E-state index contributed by atoms with van der Waals surface area (Å²) in [5, 5.41) is 3.75. The molecule has 16 heavy (non-hydrogen) atoms. The van der Waals surface area contributed by atoms with E-state index < -0.39 is 0 Å². The molecule has 0 amide bonds. The molecule has 1 aliphatic rings. The van der Waals surface area contributed by atoms with Crippen LogP contribution < -0.4 is 5.32 Å². The molecule has 2 atom stereocenters. The molecule has 1 heterocycles. The van der Waals surface area contributed by atoms with Crippen LogP contribution in [0.1, 0.15) is 52.9 Å². The normalized spacial score (nSPS) is 26.9. The van der Waals surface area contributed by atoms with Crippen molar-refractivity contribution in [3.63, 3.8) is 0 Å². The largest absolute Gasteiger partial charge is 0.313 e. The Morgan fingerprint density at radius 3 is 2.81 bits per heavy atom. The lowest BCUT2D eigenvalue weighted by molar-refractivity contribution is 0.381. The van der Waals surface area contributed by atoms with E-state index in [1.807, 2.05) is 0 Å². The molecule has 94 valence electrons. The van der Waals surface area contributed by atoms with Crippen LogP contribution in [0.2, 0.25) is 0 Å². The Kier molecular flexibility index (Phi) is 5.91. The maximum atomic E-state index is 4.02. The molecule has 0 aromatic rings. The van der Waals surface area contributed by atoms with E-state index in [0.717, 1.165) is 13.0 Å². The van der Waals surface area contributed by atoms with Crippen molar-refractivity contribution >= 4 is 11.8 Å². The standard InChI is InChI=1S/C14H27NS/c1-5-10-15-13(8-7-12(2)3)14(4)9-6-11-16-14/h13,15H,2,5-11H2,1,3-4H3. The molecular formula is C14H27NS. The van der Waals surface area contributed by atoms with Gasteiger partial charge in [0.25, 0.3) is 0 Å². The quantitative estimate of drug-likeness (QED) is 0.676. The molecule has 1 rings (SSSR count). The minimum Gasteiger partial charge on any atom is -0.313 e. The Labute approximate surface area is 105 Å². The molecule has 0 radical (unpaired) electrons. The summed E-state index contributed by atoms with van der Waals surface area (Å²) in [6.45, 7) is 12.0. The molecule has 1 nitrogen and oxygen atoms in total. The predicted molar refractivity (Wildman–Crippen MR) is 76.2 cm³/mol. The van der Waals surface area contributed by atoms with Gasteiger partial charge in [-0.15, -0.1) is 6.58 Å². The molecule has 1 fully saturated rings. The third-order valence-electron chi connectivity index (χ3n) is 3.49. The number of allylic oxidation sites excluding steroid dienone is 1. The number of nitrogens with one attached hydrogen (secondary N) is 1. The maximum absolute atomic E-state index is 4.02. The fraction of sp³-hybridized carbons (Fsp3) is 0.857. The summed E-state index contributed by atoms with van der Waals surface area (Å²) < 4.78 is 0.463. The highest BCUT2D eigenvalue weighted by molar-refractivity contribution is 8.00. The molecular weight excluding hydrogens is 214 g/mol. The van der Waals surface area contributed by atoms with E-state index in [0.29, 0.717) is 10.8 Å². The van der Waals surface area contributed by atoms with Crippen LogP contribution in [0.25, 0.3) is 0 Å². The lowest BCUT2D eigenvalue weighted by Crippen LogP contribution is -2.45. The molecule has 1 N–H and O–H groups in total. The van der Waals surface area contributed by atoms with Crippen molar-refractivity contribution < 1.29 is 0 Å². The number of rotatable bonds is 7. The Bertz CT molecular complexity index is 219. The molecule has 1 saturated heterocycles. The number of hydrogen-bond donors (Lipinski definition) is 1. The minimum absolute atomic E-state index is 0.463. The van der Waals surface area contributed by atoms with E-state index in [1.54, 1.807) is 0 Å². The van der Waals surface area contributed by atoms with E-state index in [4.69, 9.17) is 0 Å². The Morgan fingerprint density at radius 2 is 2.31 bits per heavy atom. The van der Waals surface area contributed by atoms with Gasteiger partial charge in [0, 0.05) is 10.8 Å². The molecule has 0 aliphatic carbocycles. The zero-order chi connectivity index (χ0) is 12.0. The summed E-state index contributed by atoms with van der Waals surface area (Å²) >= 11 is 2.16. The SMILES string of the molecule is C=C(C)CCC(NCCC)C1(C)CCCS1. The predicted octanol–water partition coefficient (Wildman–Crippen LogP) is 4.00. The van der Waals surface area contributed by atoms with Gasteiger partial charge in [0.15, 0.2) is 0 Å². The summed E-state index contributed by atoms with van der Waals surface area (Å²) in [6, 6.07) is 0.664. The molecule has 1 aliphatic heterocycles. The van der Waals surface area contributed by atoms with E-state index >= 15 is 0 Å². The fourth-order valence-corrected chi connectivity index (χ4v) is 3.85. The van der Waals surface area contributed by atoms with Gasteiger partial charge in [-0.1, -0.05) is 12.5 Å². The van der Waals surface area contributed by atoms with Gasteiger partial charge in [-0.05, 0) is 58.2 Å². The van der Waals surface area contributed by atoms with Crippen molar-refractivity contribution in [2.45, 2.75) is 63.7 Å². The Balaban J connectivity index is 2.51. The average molecular weight is 241 g/mol. The van der Waals surface area contributed by atoms with Crippen LogP contribution in [0.15, 0.2) is 12.2 Å². The highest BCUT2D eigenvalue weighted by Crippen LogP contribution is 2.41. The minimum atomic E-state index is 0.463. The van der Waals surface area contributed by atoms with Gasteiger partial charge in [-0.2, -0.15) is 11.8 Å². The molecule has 2 heteroatoms. The zero-order valence-corrected chi connectivity index (χ0v) is 12.0. The number of thioether (sulfide) groups is 1. The van der Waals surface area contributed by atoms with Crippen LogP contribution in [0.3, 0.4) is 0 Å². The second kappa shape index (κ2) is 6.70. The number of hydrogen-bond acceptors (Lipinski definition) is 2. The molecule has 0 aromatic heterocycles. The third kappa shape index (κ3) is 4.14. The van der Waals surface area contributed by atoms with Crippen LogP contribution in [0.5, 0.6) is 0 Å². The first-order valence-electron chi connectivity index (χ1n) is 6.60. The van der Waals surface area contributed by atoms with E-state index in [9.17, 15) is 0 Å². The first-order valence-corrected chi connectivity index (χ1v) is 7.59. The second-order valence-corrected chi connectivity index (χ2v) is 6.90. The first-order chi connectivity index (χ1) is 7.58. The summed E-state index contributed by atoms with van der Waals surface area (Å²) in [4.78, 5) is 0. The van der Waals surface area contributed by atoms with E-state index in [-0.39, 0.29) is 0 Å². The van der Waals surface area contributed by atoms with Crippen molar-refractivity contribution in [3.05, 3.63) is 12.2 Å². The molecule has 0 bridgehead atoms. The van der Waals surface area contributed by atoms with Gasteiger partial charge in [0.2, 0.25) is 0 Å². The molecule has 0 saturated carbocycles. The van der Waals surface area contributed by atoms with Crippen LogP contribution in [0, 0.1) is 0 Å². The zero-order valence-electron chi connectivity index (χ0n) is 11.1. The van der Waals surface area contributed by atoms with Crippen molar-refractivity contribution in [2.75, 3.05) is 12.3 Å². The van der Waals surface area contributed by atoms with Gasteiger partial charge >= 0.3 is 0 Å². The highest BCUT2D eigenvalue weighted by Gasteiger charge is 2.36. The lowest BCUT2D eigenvalue weighted by atomic mass is 9.91. The maximum Gasteiger partial charge on any atom is 0.0285 e. The van der Waals surface area contributed by atoms with E-state index in [1.165, 1.54) is 37.0 Å². The van der Waals surface area contributed by atoms with Gasteiger partial charge < -0.3 is 5.32 Å². The lowest BCUT2D eigenvalue weighted by Gasteiger charge is -2.34. The van der Waals surface area contributed by atoms with Crippen LogP contribution >= 0.6 is 11.8 Å². The second-order valence-electron chi connectivity index (χ2n) is 5.27. The Morgan fingerprint density at radius 1 is 1.56 bits per heavy atom. The van der Waals surface area contributed by atoms with Gasteiger partial charge in [0.1, 0.15) is 0 Å². The monoisotopic (exact) mass is 241 g/mol. The summed E-state index contributed by atoms with van der Waals surface area (Å²) in [5.41, 5.74) is 1.31. The van der Waals surface area contributed by atoms with E-state index in [2.05, 4.69) is 44.4 Å². The topological polar surface area (TPSA) is 12.0 Å². The van der Waals surface area contributed by atoms with Gasteiger partial charge in [0.05, 0.1) is 0 Å². The van der Waals surface area contributed by atoms with Gasteiger partial charge in [-0.3, -0.25) is 0 Å². The highest BCUT2D eigenvalue weighted by atomic mass is 32.2. The van der Waals surface area contributed by atoms with Crippen molar-refractivity contribution in [1.82, 2.24) is 5.32 Å². The third-order valence-corrected chi connectivity index (χ3v) is 5.13.